The van der Waals surface area contributed by atoms with E-state index in [0.29, 0.717) is 5.69 Å². The zero-order chi connectivity index (χ0) is 19.0. The molecular formula is C18H33N3O4. The molecular weight excluding hydrogens is 322 g/mol. The van der Waals surface area contributed by atoms with Crippen molar-refractivity contribution >= 4 is 23.5 Å². The van der Waals surface area contributed by atoms with Crippen LogP contribution in [0.1, 0.15) is 37.5 Å². The van der Waals surface area contributed by atoms with Gasteiger partial charge in [0, 0.05) is 16.9 Å². The normalized spacial score (nSPS) is 13.0. The SMILES string of the molecule is CN[C@H](C(=O)N[C@H](C)C(=O)Nc1ccc(COC(C)=O)cc1)C(C)C.[HH].[HH].[HH]. The summed E-state index contributed by atoms with van der Waals surface area (Å²) < 4.78 is 4.90. The van der Waals surface area contributed by atoms with Gasteiger partial charge in [-0.1, -0.05) is 26.0 Å². The number of hydrogen-bond donors (Lipinski definition) is 3. The second-order valence-corrected chi connectivity index (χ2v) is 6.21. The summed E-state index contributed by atoms with van der Waals surface area (Å²) in [6, 6.07) is 5.94. The van der Waals surface area contributed by atoms with Crippen molar-refractivity contribution in [2.45, 2.75) is 46.4 Å². The molecule has 1 aromatic rings. The molecule has 0 radical (unpaired) electrons. The molecule has 0 aliphatic heterocycles. The van der Waals surface area contributed by atoms with E-state index >= 15 is 0 Å². The summed E-state index contributed by atoms with van der Waals surface area (Å²) in [7, 11) is 1.71. The van der Waals surface area contributed by atoms with Gasteiger partial charge in [0.15, 0.2) is 0 Å². The van der Waals surface area contributed by atoms with Gasteiger partial charge in [-0.05, 0) is 37.6 Å². The second kappa shape index (κ2) is 9.78. The molecule has 0 bridgehead atoms. The van der Waals surface area contributed by atoms with E-state index in [-0.39, 0.29) is 40.6 Å². The van der Waals surface area contributed by atoms with Crippen molar-refractivity contribution in [2.24, 2.45) is 5.92 Å². The van der Waals surface area contributed by atoms with Gasteiger partial charge < -0.3 is 20.7 Å². The molecule has 0 saturated carbocycles. The lowest BCUT2D eigenvalue weighted by molar-refractivity contribution is -0.142. The summed E-state index contributed by atoms with van der Waals surface area (Å²) in [6.07, 6.45) is 0. The minimum atomic E-state index is -0.664. The zero-order valence-corrected chi connectivity index (χ0v) is 15.4. The van der Waals surface area contributed by atoms with Gasteiger partial charge in [0.05, 0.1) is 6.04 Å². The van der Waals surface area contributed by atoms with Crippen molar-refractivity contribution in [3.8, 4) is 0 Å². The maximum Gasteiger partial charge on any atom is 0.302 e. The van der Waals surface area contributed by atoms with Crippen molar-refractivity contribution in [3.63, 3.8) is 0 Å². The van der Waals surface area contributed by atoms with Crippen LogP contribution < -0.4 is 16.0 Å². The van der Waals surface area contributed by atoms with Gasteiger partial charge >= 0.3 is 5.97 Å². The molecule has 0 aliphatic carbocycles. The highest BCUT2D eigenvalue weighted by molar-refractivity contribution is 5.97. The van der Waals surface area contributed by atoms with Crippen LogP contribution in [0.4, 0.5) is 5.69 Å². The fourth-order valence-electron chi connectivity index (χ4n) is 2.26. The molecule has 1 rings (SSSR count). The van der Waals surface area contributed by atoms with Gasteiger partial charge in [0.1, 0.15) is 12.6 Å². The first-order chi connectivity index (χ1) is 11.7. The number of amides is 2. The third kappa shape index (κ3) is 6.93. The Morgan fingerprint density at radius 2 is 1.68 bits per heavy atom. The molecule has 0 aromatic heterocycles. The van der Waals surface area contributed by atoms with Crippen LogP contribution in [0.5, 0.6) is 0 Å². The van der Waals surface area contributed by atoms with Crippen molar-refractivity contribution in [1.82, 2.24) is 10.6 Å². The summed E-state index contributed by atoms with van der Waals surface area (Å²) in [4.78, 5) is 35.2. The van der Waals surface area contributed by atoms with Crippen LogP contribution in [-0.4, -0.2) is 36.9 Å². The minimum Gasteiger partial charge on any atom is -0.461 e. The second-order valence-electron chi connectivity index (χ2n) is 6.21. The standard InChI is InChI=1S/C18H27N3O4.3H2/c1-11(2)16(19-5)18(24)20-12(3)17(23)21-15-8-6-14(7-9-15)10-25-13(4)22;;;/h6-9,11-12,16,19H,10H2,1-5H3,(H,20,24)(H,21,23);3*1H/t12-,16+;;;/m1.../s1. The number of nitrogens with one attached hydrogen (secondary N) is 3. The molecule has 7 nitrogen and oxygen atoms in total. The lowest BCUT2D eigenvalue weighted by atomic mass is 10.0. The fourth-order valence-corrected chi connectivity index (χ4v) is 2.26. The van der Waals surface area contributed by atoms with E-state index in [1.54, 1.807) is 38.2 Å². The average molecular weight is 355 g/mol. The van der Waals surface area contributed by atoms with Crippen molar-refractivity contribution < 1.29 is 23.4 Å². The topological polar surface area (TPSA) is 96.5 Å². The minimum absolute atomic E-state index is 0. The van der Waals surface area contributed by atoms with E-state index in [9.17, 15) is 14.4 Å². The van der Waals surface area contributed by atoms with Crippen LogP contribution in [-0.2, 0) is 25.7 Å². The average Bonchev–Trinajstić information content (AvgIpc) is 2.54. The molecule has 7 heteroatoms. The highest BCUT2D eigenvalue weighted by Crippen LogP contribution is 2.11. The zero-order valence-electron chi connectivity index (χ0n) is 15.4. The third-order valence-electron chi connectivity index (χ3n) is 3.68. The molecule has 0 aliphatic rings. The number of rotatable bonds is 8. The highest BCUT2D eigenvalue weighted by atomic mass is 16.5. The Labute approximate surface area is 153 Å². The smallest absolute Gasteiger partial charge is 0.302 e. The molecule has 0 unspecified atom stereocenters. The fraction of sp³-hybridized carbons (Fsp3) is 0.500. The lowest BCUT2D eigenvalue weighted by Gasteiger charge is -2.22. The quantitative estimate of drug-likeness (QED) is 0.621. The molecule has 144 valence electrons. The first kappa shape index (κ1) is 20.6. The molecule has 0 heterocycles. The number of carbonyl (C=O) groups excluding carboxylic acids is 3. The van der Waals surface area contributed by atoms with Gasteiger partial charge in [0.2, 0.25) is 11.8 Å². The Bertz CT molecular complexity index is 613. The van der Waals surface area contributed by atoms with Crippen LogP contribution in [0.15, 0.2) is 24.3 Å². The van der Waals surface area contributed by atoms with Crippen LogP contribution in [0.2, 0.25) is 0 Å². The number of anilines is 1. The largest absolute Gasteiger partial charge is 0.461 e. The highest BCUT2D eigenvalue weighted by Gasteiger charge is 2.23. The van der Waals surface area contributed by atoms with Gasteiger partial charge in [-0.2, -0.15) is 0 Å². The molecule has 0 fully saturated rings. The molecule has 2 atom stereocenters. The monoisotopic (exact) mass is 355 g/mol. The molecule has 25 heavy (non-hydrogen) atoms. The maximum absolute atomic E-state index is 12.2. The molecule has 1 aromatic carbocycles. The first-order valence-corrected chi connectivity index (χ1v) is 8.25. The maximum atomic E-state index is 12.2. The summed E-state index contributed by atoms with van der Waals surface area (Å²) in [5.41, 5.74) is 1.43. The van der Waals surface area contributed by atoms with Crippen LogP contribution in [0.25, 0.3) is 0 Å². The van der Waals surface area contributed by atoms with Crippen molar-refractivity contribution in [2.75, 3.05) is 12.4 Å². The summed E-state index contributed by atoms with van der Waals surface area (Å²) in [6.45, 7) is 7.04. The predicted molar refractivity (Wildman–Crippen MR) is 102 cm³/mol. The van der Waals surface area contributed by atoms with Crippen LogP contribution >= 0.6 is 0 Å². The van der Waals surface area contributed by atoms with E-state index in [2.05, 4.69) is 16.0 Å². The van der Waals surface area contributed by atoms with Crippen LogP contribution in [0.3, 0.4) is 0 Å². The lowest BCUT2D eigenvalue weighted by Crippen LogP contribution is -2.51. The summed E-state index contributed by atoms with van der Waals surface area (Å²) in [5, 5.41) is 8.39. The Balaban J connectivity index is -0.00000208. The van der Waals surface area contributed by atoms with Crippen molar-refractivity contribution in [1.29, 1.82) is 0 Å². The Morgan fingerprint density at radius 1 is 1.08 bits per heavy atom. The third-order valence-corrected chi connectivity index (χ3v) is 3.68. The summed E-state index contributed by atoms with van der Waals surface area (Å²) >= 11 is 0. The van der Waals surface area contributed by atoms with E-state index in [4.69, 9.17) is 4.74 Å². The van der Waals surface area contributed by atoms with Crippen LogP contribution in [0, 0.1) is 5.92 Å². The number of ether oxygens (including phenoxy) is 1. The first-order valence-electron chi connectivity index (χ1n) is 8.25. The van der Waals surface area contributed by atoms with Gasteiger partial charge in [-0.3, -0.25) is 14.4 Å². The Morgan fingerprint density at radius 3 is 2.16 bits per heavy atom. The molecule has 2 amide bonds. The van der Waals surface area contributed by atoms with Gasteiger partial charge in [0.25, 0.3) is 0 Å². The Hall–Kier alpha value is -2.41. The van der Waals surface area contributed by atoms with E-state index in [0.717, 1.165) is 5.56 Å². The molecule has 3 N–H and O–H groups in total. The van der Waals surface area contributed by atoms with E-state index < -0.39 is 6.04 Å². The molecule has 0 spiro atoms. The van der Waals surface area contributed by atoms with Gasteiger partial charge in [-0.25, -0.2) is 0 Å². The number of benzene rings is 1. The number of likely N-dealkylation sites (N-methyl/N-ethyl adjacent to an activating group) is 1. The summed E-state index contributed by atoms with van der Waals surface area (Å²) in [5.74, 6) is -0.746. The predicted octanol–water partition coefficient (Wildman–Crippen LogP) is 2.17. The number of esters is 1. The van der Waals surface area contributed by atoms with E-state index in [1.807, 2.05) is 13.8 Å². The van der Waals surface area contributed by atoms with E-state index in [1.165, 1.54) is 6.92 Å². The Kier molecular flexibility index (Phi) is 8.07. The number of carbonyl (C=O) groups is 3. The number of hydrogen-bond acceptors (Lipinski definition) is 5. The van der Waals surface area contributed by atoms with Crippen molar-refractivity contribution in [3.05, 3.63) is 29.8 Å². The molecule has 0 saturated heterocycles. The van der Waals surface area contributed by atoms with Gasteiger partial charge in [-0.15, -0.1) is 0 Å².